The first-order valence-electron chi connectivity index (χ1n) is 8.62. The number of aliphatic imine (C=N–C) groups is 1. The summed E-state index contributed by atoms with van der Waals surface area (Å²) in [7, 11) is 10.0. The Morgan fingerprint density at radius 2 is 1.77 bits per heavy atom. The summed E-state index contributed by atoms with van der Waals surface area (Å²) in [6.07, 6.45) is 0. The van der Waals surface area contributed by atoms with Crippen LogP contribution < -0.4 is 0 Å². The van der Waals surface area contributed by atoms with Crippen molar-refractivity contribution in [3.63, 3.8) is 0 Å². The largest absolute Gasteiger partial charge is 0.478 e. The second kappa shape index (κ2) is 9.64. The molecule has 3 unspecified atom stereocenters. The van der Waals surface area contributed by atoms with Gasteiger partial charge in [-0.3, -0.25) is 4.90 Å². The predicted octanol–water partition coefficient (Wildman–Crippen LogP) is 2.99. The van der Waals surface area contributed by atoms with Gasteiger partial charge in [-0.25, -0.2) is 9.79 Å². The highest BCUT2D eigenvalue weighted by atomic mass is 33.1. The van der Waals surface area contributed by atoms with E-state index in [1.54, 1.807) is 30.3 Å². The van der Waals surface area contributed by atoms with Gasteiger partial charge in [-0.1, -0.05) is 18.2 Å². The van der Waals surface area contributed by atoms with Gasteiger partial charge in [-0.2, -0.15) is 0 Å². The van der Waals surface area contributed by atoms with E-state index in [9.17, 15) is 4.79 Å². The number of hydrogen-bond acceptors (Lipinski definition) is 7. The Morgan fingerprint density at radius 1 is 1.19 bits per heavy atom. The van der Waals surface area contributed by atoms with Crippen molar-refractivity contribution in [3.8, 4) is 0 Å². The summed E-state index contributed by atoms with van der Waals surface area (Å²) in [5.41, 5.74) is 0.603. The van der Waals surface area contributed by atoms with Crippen molar-refractivity contribution in [1.82, 2.24) is 14.7 Å². The molecule has 144 valence electrons. The van der Waals surface area contributed by atoms with Crippen LogP contribution in [-0.4, -0.2) is 82.8 Å². The summed E-state index contributed by atoms with van der Waals surface area (Å²) in [6, 6.07) is 9.40. The highest BCUT2D eigenvalue weighted by Gasteiger charge is 2.34. The standard InChI is InChI=1S/C11H22N4S2.C7H6O2/c1-8-6-14(5)7-9(2)15(8)11-12-10(13(3)4)16-17-11;8-7(9)6-4-2-1-3-5-6/h8-10H,6-7H2,1-5H3;1-5H,(H,8,9). The van der Waals surface area contributed by atoms with E-state index >= 15 is 0 Å². The van der Waals surface area contributed by atoms with E-state index in [0.717, 1.165) is 13.1 Å². The summed E-state index contributed by atoms with van der Waals surface area (Å²) in [5.74, 6) is -0.879. The molecule has 2 aliphatic rings. The first-order valence-corrected chi connectivity index (χ1v) is 10.8. The van der Waals surface area contributed by atoms with E-state index in [1.807, 2.05) is 21.6 Å². The van der Waals surface area contributed by atoms with E-state index in [-0.39, 0.29) is 5.50 Å². The SMILES string of the molecule is CC1CN(C)CC(C)N1C1=NC(N(C)C)SS1.O=C(O)c1ccccc1. The van der Waals surface area contributed by atoms with Gasteiger partial charge in [-0.05, 0) is 68.7 Å². The molecule has 26 heavy (non-hydrogen) atoms. The lowest BCUT2D eigenvalue weighted by Crippen LogP contribution is -2.56. The maximum Gasteiger partial charge on any atom is 0.335 e. The lowest BCUT2D eigenvalue weighted by atomic mass is 10.1. The Labute approximate surface area is 164 Å². The molecule has 1 aromatic rings. The second-order valence-electron chi connectivity index (χ2n) is 6.88. The Kier molecular flexibility index (Phi) is 7.82. The number of amidine groups is 1. The number of carbonyl (C=O) groups is 1. The molecule has 1 fully saturated rings. The number of likely N-dealkylation sites (N-methyl/N-ethyl adjacent to an activating group) is 1. The van der Waals surface area contributed by atoms with Crippen LogP contribution in [0.25, 0.3) is 0 Å². The Hall–Kier alpha value is -1.22. The maximum atomic E-state index is 10.2. The van der Waals surface area contributed by atoms with Gasteiger partial charge in [0, 0.05) is 25.2 Å². The third-order valence-electron chi connectivity index (χ3n) is 4.21. The van der Waals surface area contributed by atoms with Crippen LogP contribution in [-0.2, 0) is 0 Å². The average molecular weight is 397 g/mol. The molecule has 0 amide bonds. The monoisotopic (exact) mass is 396 g/mol. The molecule has 1 saturated heterocycles. The number of carboxylic acid groups (broad SMARTS) is 1. The number of nitrogens with zero attached hydrogens (tertiary/aromatic N) is 4. The number of piperazine rings is 1. The van der Waals surface area contributed by atoms with Crippen LogP contribution in [0.4, 0.5) is 0 Å². The molecule has 2 aliphatic heterocycles. The number of hydrogen-bond donors (Lipinski definition) is 1. The third-order valence-corrected chi connectivity index (χ3v) is 6.73. The predicted molar refractivity (Wildman–Crippen MR) is 112 cm³/mol. The fourth-order valence-corrected chi connectivity index (χ4v) is 5.77. The summed E-state index contributed by atoms with van der Waals surface area (Å²) in [4.78, 5) is 22.1. The summed E-state index contributed by atoms with van der Waals surface area (Å²) in [5, 5.41) is 9.59. The third kappa shape index (κ3) is 5.64. The lowest BCUT2D eigenvalue weighted by molar-refractivity contribution is 0.0697. The second-order valence-corrected chi connectivity index (χ2v) is 9.10. The first-order chi connectivity index (χ1) is 12.3. The molecule has 0 spiro atoms. The van der Waals surface area contributed by atoms with Crippen molar-refractivity contribution in [2.75, 3.05) is 34.2 Å². The van der Waals surface area contributed by atoms with Crippen molar-refractivity contribution in [2.24, 2.45) is 4.99 Å². The van der Waals surface area contributed by atoms with E-state index in [0.29, 0.717) is 17.6 Å². The Balaban J connectivity index is 0.000000228. The van der Waals surface area contributed by atoms with E-state index < -0.39 is 5.97 Å². The zero-order valence-corrected chi connectivity index (χ0v) is 17.6. The molecule has 0 aromatic heterocycles. The first kappa shape index (κ1) is 21.1. The Morgan fingerprint density at radius 3 is 2.19 bits per heavy atom. The normalized spacial score (nSPS) is 26.3. The molecule has 0 radical (unpaired) electrons. The minimum absolute atomic E-state index is 0.272. The molecule has 2 heterocycles. The molecule has 0 saturated carbocycles. The molecule has 1 N–H and O–H groups in total. The van der Waals surface area contributed by atoms with Crippen LogP contribution >= 0.6 is 21.6 Å². The fourth-order valence-electron chi connectivity index (χ4n) is 3.08. The van der Waals surface area contributed by atoms with Crippen LogP contribution in [0.15, 0.2) is 35.3 Å². The Bertz CT molecular complexity index is 615. The van der Waals surface area contributed by atoms with Crippen LogP contribution in [0.1, 0.15) is 24.2 Å². The summed E-state index contributed by atoms with van der Waals surface area (Å²) in [6.45, 7) is 6.84. The molecule has 6 nitrogen and oxygen atoms in total. The number of carboxylic acids is 1. The van der Waals surface area contributed by atoms with Gasteiger partial charge in [-0.15, -0.1) is 0 Å². The average Bonchev–Trinajstić information content (AvgIpc) is 3.05. The maximum absolute atomic E-state index is 10.2. The van der Waals surface area contributed by atoms with Crippen LogP contribution in [0, 0.1) is 0 Å². The molecule has 0 aliphatic carbocycles. The van der Waals surface area contributed by atoms with E-state index in [1.165, 1.54) is 5.17 Å². The quantitative estimate of drug-likeness (QED) is 0.771. The minimum Gasteiger partial charge on any atom is -0.478 e. The molecule has 3 atom stereocenters. The molecular formula is C18H28N4O2S2. The van der Waals surface area contributed by atoms with Crippen LogP contribution in [0.2, 0.25) is 0 Å². The molecule has 3 rings (SSSR count). The van der Waals surface area contributed by atoms with Crippen LogP contribution in [0.5, 0.6) is 0 Å². The fraction of sp³-hybridized carbons (Fsp3) is 0.556. The number of aromatic carboxylic acids is 1. The van der Waals surface area contributed by atoms with Gasteiger partial charge in [0.15, 0.2) is 10.7 Å². The van der Waals surface area contributed by atoms with E-state index in [2.05, 4.69) is 49.7 Å². The zero-order chi connectivity index (χ0) is 19.3. The molecule has 8 heteroatoms. The molecular weight excluding hydrogens is 368 g/mol. The van der Waals surface area contributed by atoms with Gasteiger partial charge in [0.25, 0.3) is 0 Å². The van der Waals surface area contributed by atoms with Crippen molar-refractivity contribution in [2.45, 2.75) is 31.4 Å². The van der Waals surface area contributed by atoms with Crippen molar-refractivity contribution in [3.05, 3.63) is 35.9 Å². The van der Waals surface area contributed by atoms with Crippen LogP contribution in [0.3, 0.4) is 0 Å². The lowest BCUT2D eigenvalue weighted by Gasteiger charge is -2.43. The summed E-state index contributed by atoms with van der Waals surface area (Å²) >= 11 is 0. The number of benzene rings is 1. The minimum atomic E-state index is -0.879. The van der Waals surface area contributed by atoms with Crippen molar-refractivity contribution < 1.29 is 9.90 Å². The number of rotatable bonds is 2. The van der Waals surface area contributed by atoms with Crippen molar-refractivity contribution in [1.29, 1.82) is 0 Å². The highest BCUT2D eigenvalue weighted by Crippen LogP contribution is 2.39. The summed E-state index contributed by atoms with van der Waals surface area (Å²) < 4.78 is 0. The van der Waals surface area contributed by atoms with Gasteiger partial charge < -0.3 is 14.9 Å². The van der Waals surface area contributed by atoms with E-state index in [4.69, 9.17) is 10.1 Å². The topological polar surface area (TPSA) is 59.4 Å². The molecule has 0 bridgehead atoms. The van der Waals surface area contributed by atoms with Gasteiger partial charge in [0.1, 0.15) is 0 Å². The molecule has 1 aromatic carbocycles. The van der Waals surface area contributed by atoms with Gasteiger partial charge in [0.05, 0.1) is 5.56 Å². The smallest absolute Gasteiger partial charge is 0.335 e. The van der Waals surface area contributed by atoms with Gasteiger partial charge >= 0.3 is 5.97 Å². The van der Waals surface area contributed by atoms with Gasteiger partial charge in [0.2, 0.25) is 0 Å². The van der Waals surface area contributed by atoms with Crippen molar-refractivity contribution >= 4 is 32.7 Å². The zero-order valence-electron chi connectivity index (χ0n) is 16.0. The highest BCUT2D eigenvalue weighted by molar-refractivity contribution is 8.82.